The fourth-order valence-electron chi connectivity index (χ4n) is 2.22. The maximum atomic E-state index is 11.4. The van der Waals surface area contributed by atoms with Gasteiger partial charge in [-0.25, -0.2) is 4.98 Å². The van der Waals surface area contributed by atoms with Gasteiger partial charge < -0.3 is 10.1 Å². The van der Waals surface area contributed by atoms with Crippen molar-refractivity contribution in [1.29, 1.82) is 0 Å². The van der Waals surface area contributed by atoms with Crippen molar-refractivity contribution in [3.8, 4) is 17.0 Å². The molecule has 5 nitrogen and oxygen atoms in total. The van der Waals surface area contributed by atoms with Gasteiger partial charge in [-0.05, 0) is 43.3 Å². The quantitative estimate of drug-likeness (QED) is 0.787. The van der Waals surface area contributed by atoms with Crippen molar-refractivity contribution in [2.75, 3.05) is 13.2 Å². The lowest BCUT2D eigenvalue weighted by Crippen LogP contribution is -2.28. The number of aromatic nitrogens is 2. The lowest BCUT2D eigenvalue weighted by Gasteiger charge is -2.07. The second kappa shape index (κ2) is 6.87. The summed E-state index contributed by atoms with van der Waals surface area (Å²) < 4.78 is 5.43. The second-order valence-corrected chi connectivity index (χ2v) is 5.01. The number of benzene rings is 2. The predicted molar refractivity (Wildman–Crippen MR) is 89.2 cm³/mol. The first-order valence-electron chi connectivity index (χ1n) is 7.48. The topological polar surface area (TPSA) is 64.1 Å². The Morgan fingerprint density at radius 1 is 1.09 bits per heavy atom. The van der Waals surface area contributed by atoms with E-state index in [0.29, 0.717) is 12.3 Å². The van der Waals surface area contributed by atoms with Crippen molar-refractivity contribution >= 4 is 16.9 Å². The van der Waals surface area contributed by atoms with E-state index < -0.39 is 0 Å². The van der Waals surface area contributed by atoms with Gasteiger partial charge in [-0.15, -0.1) is 0 Å². The zero-order valence-corrected chi connectivity index (χ0v) is 12.8. The molecule has 1 heterocycles. The van der Waals surface area contributed by atoms with Crippen LogP contribution in [0, 0.1) is 0 Å². The molecule has 0 radical (unpaired) electrons. The normalized spacial score (nSPS) is 10.5. The standard InChI is InChI=1S/C18H17N3O2/c1-2-19-18(22)12-23-14-9-7-13(8-10-14)17-11-20-15-5-3-4-6-16(15)21-17/h3-11H,2,12H2,1H3,(H,19,22). The molecule has 1 aromatic heterocycles. The fraction of sp³-hybridized carbons (Fsp3) is 0.167. The molecule has 116 valence electrons. The third-order valence-corrected chi connectivity index (χ3v) is 3.34. The van der Waals surface area contributed by atoms with Gasteiger partial charge in [0, 0.05) is 12.1 Å². The fourth-order valence-corrected chi connectivity index (χ4v) is 2.22. The Bertz CT molecular complexity index is 816. The molecule has 2 aromatic carbocycles. The van der Waals surface area contributed by atoms with Crippen molar-refractivity contribution in [2.24, 2.45) is 0 Å². The number of amides is 1. The van der Waals surface area contributed by atoms with Crippen LogP contribution in [0.2, 0.25) is 0 Å². The van der Waals surface area contributed by atoms with Crippen molar-refractivity contribution in [3.63, 3.8) is 0 Å². The molecule has 1 N–H and O–H groups in total. The molecule has 0 fully saturated rings. The average molecular weight is 307 g/mol. The molecule has 0 aliphatic rings. The monoisotopic (exact) mass is 307 g/mol. The molecule has 0 bridgehead atoms. The molecule has 0 saturated carbocycles. The van der Waals surface area contributed by atoms with Gasteiger partial charge in [0.05, 0.1) is 22.9 Å². The number of para-hydroxylation sites is 2. The van der Waals surface area contributed by atoms with E-state index in [1.807, 2.05) is 55.5 Å². The van der Waals surface area contributed by atoms with E-state index in [2.05, 4.69) is 15.3 Å². The Balaban J connectivity index is 1.74. The number of rotatable bonds is 5. The maximum absolute atomic E-state index is 11.4. The van der Waals surface area contributed by atoms with Gasteiger partial charge in [0.1, 0.15) is 5.75 Å². The molecule has 0 unspecified atom stereocenters. The Morgan fingerprint density at radius 3 is 2.57 bits per heavy atom. The van der Waals surface area contributed by atoms with Gasteiger partial charge in [-0.3, -0.25) is 9.78 Å². The number of carbonyl (C=O) groups excluding carboxylic acids is 1. The molecule has 0 atom stereocenters. The Hall–Kier alpha value is -2.95. The highest BCUT2D eigenvalue weighted by atomic mass is 16.5. The van der Waals surface area contributed by atoms with Gasteiger partial charge in [0.2, 0.25) is 0 Å². The van der Waals surface area contributed by atoms with Crippen LogP contribution >= 0.6 is 0 Å². The van der Waals surface area contributed by atoms with Crippen molar-refractivity contribution in [2.45, 2.75) is 6.92 Å². The lowest BCUT2D eigenvalue weighted by atomic mass is 10.1. The summed E-state index contributed by atoms with van der Waals surface area (Å²) in [5.41, 5.74) is 3.49. The molecule has 0 aliphatic carbocycles. The average Bonchev–Trinajstić information content (AvgIpc) is 2.60. The number of fused-ring (bicyclic) bond motifs is 1. The molecular formula is C18H17N3O2. The number of ether oxygens (including phenoxy) is 1. The largest absolute Gasteiger partial charge is 0.484 e. The second-order valence-electron chi connectivity index (χ2n) is 5.01. The van der Waals surface area contributed by atoms with Crippen LogP contribution in [0.15, 0.2) is 54.7 Å². The van der Waals surface area contributed by atoms with Gasteiger partial charge in [-0.2, -0.15) is 0 Å². The Labute approximate surface area is 134 Å². The number of hydrogen-bond acceptors (Lipinski definition) is 4. The van der Waals surface area contributed by atoms with Gasteiger partial charge >= 0.3 is 0 Å². The molecule has 1 amide bonds. The zero-order chi connectivity index (χ0) is 16.1. The first kappa shape index (κ1) is 15.0. The maximum Gasteiger partial charge on any atom is 0.257 e. The summed E-state index contributed by atoms with van der Waals surface area (Å²) in [6.07, 6.45) is 1.76. The highest BCUT2D eigenvalue weighted by Crippen LogP contribution is 2.22. The minimum absolute atomic E-state index is 0.0168. The van der Waals surface area contributed by atoms with Crippen molar-refractivity contribution < 1.29 is 9.53 Å². The number of carbonyl (C=O) groups is 1. The van der Waals surface area contributed by atoms with Crippen LogP contribution in [0.5, 0.6) is 5.75 Å². The Kier molecular flexibility index (Phi) is 4.47. The van der Waals surface area contributed by atoms with Crippen molar-refractivity contribution in [3.05, 3.63) is 54.7 Å². The number of hydrogen-bond donors (Lipinski definition) is 1. The molecule has 5 heteroatoms. The third-order valence-electron chi connectivity index (χ3n) is 3.34. The molecule has 0 spiro atoms. The van der Waals surface area contributed by atoms with Gasteiger partial charge in [0.15, 0.2) is 6.61 Å². The predicted octanol–water partition coefficient (Wildman–Crippen LogP) is 2.81. The first-order chi connectivity index (χ1) is 11.3. The van der Waals surface area contributed by atoms with E-state index in [4.69, 9.17) is 4.74 Å². The molecule has 3 rings (SSSR count). The zero-order valence-electron chi connectivity index (χ0n) is 12.8. The summed E-state index contributed by atoms with van der Waals surface area (Å²) in [6, 6.07) is 15.2. The SMILES string of the molecule is CCNC(=O)COc1ccc(-c2cnc3ccccc3n2)cc1. The van der Waals surface area contributed by atoms with Crippen LogP contribution in [0.3, 0.4) is 0 Å². The number of likely N-dealkylation sites (N-methyl/N-ethyl adjacent to an activating group) is 1. The molecule has 23 heavy (non-hydrogen) atoms. The highest BCUT2D eigenvalue weighted by molar-refractivity contribution is 5.78. The molecule has 3 aromatic rings. The summed E-state index contributed by atoms with van der Waals surface area (Å²) in [5.74, 6) is 0.519. The summed E-state index contributed by atoms with van der Waals surface area (Å²) >= 11 is 0. The first-order valence-corrected chi connectivity index (χ1v) is 7.48. The van der Waals surface area contributed by atoms with Gasteiger partial charge in [-0.1, -0.05) is 12.1 Å². The summed E-state index contributed by atoms with van der Waals surface area (Å²) in [4.78, 5) is 20.4. The lowest BCUT2D eigenvalue weighted by molar-refractivity contribution is -0.122. The van der Waals surface area contributed by atoms with Crippen LogP contribution in [0.1, 0.15) is 6.92 Å². The number of nitrogens with zero attached hydrogens (tertiary/aromatic N) is 2. The smallest absolute Gasteiger partial charge is 0.257 e. The molecular weight excluding hydrogens is 290 g/mol. The molecule has 0 aliphatic heterocycles. The van der Waals surface area contributed by atoms with E-state index in [1.54, 1.807) is 6.20 Å². The van der Waals surface area contributed by atoms with E-state index in [0.717, 1.165) is 22.3 Å². The van der Waals surface area contributed by atoms with Crippen LogP contribution in [-0.4, -0.2) is 29.0 Å². The van der Waals surface area contributed by atoms with Crippen LogP contribution in [0.25, 0.3) is 22.3 Å². The molecule has 0 saturated heterocycles. The van der Waals surface area contributed by atoms with Crippen molar-refractivity contribution in [1.82, 2.24) is 15.3 Å². The van der Waals surface area contributed by atoms with Crippen LogP contribution in [0.4, 0.5) is 0 Å². The minimum Gasteiger partial charge on any atom is -0.484 e. The van der Waals surface area contributed by atoms with Gasteiger partial charge in [0.25, 0.3) is 5.91 Å². The summed E-state index contributed by atoms with van der Waals surface area (Å²) in [5, 5.41) is 2.69. The summed E-state index contributed by atoms with van der Waals surface area (Å²) in [7, 11) is 0. The van der Waals surface area contributed by atoms with Crippen LogP contribution in [-0.2, 0) is 4.79 Å². The Morgan fingerprint density at radius 2 is 1.83 bits per heavy atom. The highest BCUT2D eigenvalue weighted by Gasteiger charge is 2.04. The van der Waals surface area contributed by atoms with E-state index in [9.17, 15) is 4.79 Å². The summed E-state index contributed by atoms with van der Waals surface area (Å²) in [6.45, 7) is 2.49. The van der Waals surface area contributed by atoms with E-state index in [-0.39, 0.29) is 12.5 Å². The minimum atomic E-state index is -0.128. The number of nitrogens with one attached hydrogen (secondary N) is 1. The van der Waals surface area contributed by atoms with E-state index in [1.165, 1.54) is 0 Å². The van der Waals surface area contributed by atoms with E-state index >= 15 is 0 Å². The third kappa shape index (κ3) is 3.63. The van der Waals surface area contributed by atoms with Crippen LogP contribution < -0.4 is 10.1 Å².